The Hall–Kier alpha value is -0.580. The molecule has 1 atom stereocenters. The van der Waals surface area contributed by atoms with Crippen LogP contribution in [0.3, 0.4) is 0 Å². The van der Waals surface area contributed by atoms with E-state index in [1.54, 1.807) is 19.2 Å². The fourth-order valence-electron chi connectivity index (χ4n) is 1.15. The number of carbonyl (C=O) groups is 1. The zero-order valence-corrected chi connectivity index (χ0v) is 10.4. The molecule has 0 spiro atoms. The zero-order chi connectivity index (χ0) is 10.6. The Balaban J connectivity index is 2.71. The first kappa shape index (κ1) is 11.5. The predicted molar refractivity (Wildman–Crippen MR) is 65.4 cm³/mol. The van der Waals surface area contributed by atoms with Crippen LogP contribution in [0, 0.1) is 0 Å². The summed E-state index contributed by atoms with van der Waals surface area (Å²) in [4.78, 5) is 11.6. The fourth-order valence-corrected chi connectivity index (χ4v) is 1.55. The first-order valence-corrected chi connectivity index (χ1v) is 5.69. The van der Waals surface area contributed by atoms with Crippen LogP contribution in [-0.2, 0) is 0 Å². The summed E-state index contributed by atoms with van der Waals surface area (Å²) in [5.74, 6) is 0.971. The molecule has 0 radical (unpaired) electrons. The number of ketones is 1. The third-order valence-corrected chi connectivity index (χ3v) is 2.32. The van der Waals surface area contributed by atoms with Crippen molar-refractivity contribution >= 4 is 28.4 Å². The van der Waals surface area contributed by atoms with E-state index in [0.717, 1.165) is 11.3 Å². The summed E-state index contributed by atoms with van der Waals surface area (Å²) in [6.45, 7) is 2.03. The molecule has 0 N–H and O–H groups in total. The average molecular weight is 304 g/mol. The van der Waals surface area contributed by atoms with Gasteiger partial charge in [-0.25, -0.2) is 0 Å². The van der Waals surface area contributed by atoms with Gasteiger partial charge in [0.1, 0.15) is 5.75 Å². The third-order valence-electron chi connectivity index (χ3n) is 1.88. The largest absolute Gasteiger partial charge is 0.497 e. The molecule has 0 aromatic heterocycles. The molecular formula is C11H13IO2. The summed E-state index contributed by atoms with van der Waals surface area (Å²) in [5, 5.41) is 0. The molecule has 0 bridgehead atoms. The first-order chi connectivity index (χ1) is 6.63. The lowest BCUT2D eigenvalue weighted by atomic mass is 10.1. The lowest BCUT2D eigenvalue weighted by Gasteiger charge is -2.04. The average Bonchev–Trinajstić information content (AvgIpc) is 2.17. The van der Waals surface area contributed by atoms with Crippen molar-refractivity contribution < 1.29 is 9.53 Å². The molecule has 76 valence electrons. The molecule has 0 aliphatic rings. The molecule has 0 fully saturated rings. The van der Waals surface area contributed by atoms with Gasteiger partial charge in [0.15, 0.2) is 5.78 Å². The maximum atomic E-state index is 11.6. The van der Waals surface area contributed by atoms with Crippen LogP contribution in [0.5, 0.6) is 5.75 Å². The van der Waals surface area contributed by atoms with E-state index in [2.05, 4.69) is 22.6 Å². The van der Waals surface area contributed by atoms with Gasteiger partial charge in [-0.15, -0.1) is 0 Å². The van der Waals surface area contributed by atoms with Crippen LogP contribution in [-0.4, -0.2) is 16.8 Å². The van der Waals surface area contributed by atoms with E-state index < -0.39 is 0 Å². The van der Waals surface area contributed by atoms with E-state index in [1.807, 2.05) is 19.1 Å². The number of hydrogen-bond donors (Lipinski definition) is 0. The van der Waals surface area contributed by atoms with Crippen LogP contribution in [0.25, 0.3) is 0 Å². The molecule has 0 saturated carbocycles. The van der Waals surface area contributed by atoms with Crippen molar-refractivity contribution in [2.75, 3.05) is 7.11 Å². The third kappa shape index (κ3) is 3.29. The van der Waals surface area contributed by atoms with Crippen molar-refractivity contribution in [1.82, 2.24) is 0 Å². The molecule has 1 aromatic carbocycles. The van der Waals surface area contributed by atoms with Gasteiger partial charge in [0.05, 0.1) is 7.11 Å². The van der Waals surface area contributed by atoms with E-state index in [-0.39, 0.29) is 5.78 Å². The molecular weight excluding hydrogens is 291 g/mol. The molecule has 0 saturated heterocycles. The molecule has 2 nitrogen and oxygen atoms in total. The van der Waals surface area contributed by atoms with Crippen LogP contribution >= 0.6 is 22.6 Å². The van der Waals surface area contributed by atoms with Gasteiger partial charge < -0.3 is 4.74 Å². The molecule has 1 unspecified atom stereocenters. The SMILES string of the molecule is COc1ccc(C(=O)CC(C)I)cc1. The molecule has 1 aromatic rings. The second kappa shape index (κ2) is 5.34. The fraction of sp³-hybridized carbons (Fsp3) is 0.364. The second-order valence-electron chi connectivity index (χ2n) is 3.14. The molecule has 0 aliphatic carbocycles. The van der Waals surface area contributed by atoms with E-state index in [4.69, 9.17) is 4.74 Å². The Morgan fingerprint density at radius 2 is 2.00 bits per heavy atom. The number of halogens is 1. The lowest BCUT2D eigenvalue weighted by molar-refractivity contribution is 0.0984. The van der Waals surface area contributed by atoms with Crippen molar-refractivity contribution in [2.24, 2.45) is 0 Å². The second-order valence-corrected chi connectivity index (χ2v) is 5.26. The number of benzene rings is 1. The van der Waals surface area contributed by atoms with E-state index >= 15 is 0 Å². The van der Waals surface area contributed by atoms with Crippen molar-refractivity contribution in [1.29, 1.82) is 0 Å². The molecule has 0 heterocycles. The topological polar surface area (TPSA) is 26.3 Å². The van der Waals surface area contributed by atoms with Crippen molar-refractivity contribution in [2.45, 2.75) is 17.3 Å². The Labute approximate surface area is 97.8 Å². The summed E-state index contributed by atoms with van der Waals surface area (Å²) in [5.41, 5.74) is 0.759. The highest BCUT2D eigenvalue weighted by atomic mass is 127. The minimum atomic E-state index is 0.189. The van der Waals surface area contributed by atoms with Crippen molar-refractivity contribution in [3.05, 3.63) is 29.8 Å². The van der Waals surface area contributed by atoms with Crippen LogP contribution in [0.2, 0.25) is 0 Å². The van der Waals surface area contributed by atoms with Gasteiger partial charge in [-0.2, -0.15) is 0 Å². The Kier molecular flexibility index (Phi) is 4.38. The van der Waals surface area contributed by atoms with Crippen LogP contribution in [0.4, 0.5) is 0 Å². The molecule has 0 aliphatic heterocycles. The van der Waals surface area contributed by atoms with Gasteiger partial charge in [0, 0.05) is 15.9 Å². The highest BCUT2D eigenvalue weighted by Crippen LogP contribution is 2.15. The van der Waals surface area contributed by atoms with Crippen molar-refractivity contribution in [3.63, 3.8) is 0 Å². The number of rotatable bonds is 4. The minimum Gasteiger partial charge on any atom is -0.497 e. The zero-order valence-electron chi connectivity index (χ0n) is 8.29. The van der Waals surface area contributed by atoms with Crippen LogP contribution in [0.1, 0.15) is 23.7 Å². The van der Waals surface area contributed by atoms with Gasteiger partial charge in [0.25, 0.3) is 0 Å². The number of Topliss-reactive ketones (excluding diaryl/α,β-unsaturated/α-hetero) is 1. The van der Waals surface area contributed by atoms with Gasteiger partial charge >= 0.3 is 0 Å². The summed E-state index contributed by atoms with van der Waals surface area (Å²) in [7, 11) is 1.61. The van der Waals surface area contributed by atoms with Crippen molar-refractivity contribution in [3.8, 4) is 5.75 Å². The predicted octanol–water partition coefficient (Wildman–Crippen LogP) is 3.09. The van der Waals surface area contributed by atoms with Gasteiger partial charge in [-0.1, -0.05) is 29.5 Å². The van der Waals surface area contributed by atoms with Crippen LogP contribution in [0.15, 0.2) is 24.3 Å². The van der Waals surface area contributed by atoms with Gasteiger partial charge in [-0.05, 0) is 24.3 Å². The number of hydrogen-bond acceptors (Lipinski definition) is 2. The number of carbonyl (C=O) groups excluding carboxylic acids is 1. The maximum Gasteiger partial charge on any atom is 0.163 e. The summed E-state index contributed by atoms with van der Waals surface area (Å²) >= 11 is 2.25. The Bertz CT molecular complexity index is 304. The van der Waals surface area contributed by atoms with E-state index in [0.29, 0.717) is 10.3 Å². The number of alkyl halides is 1. The maximum absolute atomic E-state index is 11.6. The lowest BCUT2D eigenvalue weighted by Crippen LogP contribution is -2.04. The standard InChI is InChI=1S/C11H13IO2/c1-8(12)7-11(13)9-3-5-10(14-2)6-4-9/h3-6,8H,7H2,1-2H3. The van der Waals surface area contributed by atoms with Gasteiger partial charge in [0.2, 0.25) is 0 Å². The van der Waals surface area contributed by atoms with E-state index in [9.17, 15) is 4.79 Å². The Morgan fingerprint density at radius 1 is 1.43 bits per heavy atom. The normalized spacial score (nSPS) is 12.2. The highest BCUT2D eigenvalue weighted by molar-refractivity contribution is 14.1. The Morgan fingerprint density at radius 3 is 2.43 bits per heavy atom. The smallest absolute Gasteiger partial charge is 0.163 e. The summed E-state index contributed by atoms with van der Waals surface area (Å²) in [6, 6.07) is 7.23. The first-order valence-electron chi connectivity index (χ1n) is 4.45. The molecule has 3 heteroatoms. The molecule has 14 heavy (non-hydrogen) atoms. The summed E-state index contributed by atoms with van der Waals surface area (Å²) in [6.07, 6.45) is 0.590. The highest BCUT2D eigenvalue weighted by Gasteiger charge is 2.08. The van der Waals surface area contributed by atoms with Gasteiger partial charge in [-0.3, -0.25) is 4.79 Å². The quantitative estimate of drug-likeness (QED) is 0.485. The number of methoxy groups -OCH3 is 1. The van der Waals surface area contributed by atoms with Crippen LogP contribution < -0.4 is 4.74 Å². The summed E-state index contributed by atoms with van der Waals surface area (Å²) < 4.78 is 5.39. The molecule has 0 amide bonds. The monoisotopic (exact) mass is 304 g/mol. The molecule has 1 rings (SSSR count). The number of ether oxygens (including phenoxy) is 1. The van der Waals surface area contributed by atoms with E-state index in [1.165, 1.54) is 0 Å². The minimum absolute atomic E-state index is 0.189.